The van der Waals surface area contributed by atoms with Crippen molar-refractivity contribution in [3.05, 3.63) is 18.2 Å². The molecular weight excluding hydrogens is 292 g/mol. The molecule has 0 amide bonds. The summed E-state index contributed by atoms with van der Waals surface area (Å²) in [6.45, 7) is 1.80. The molecule has 0 bridgehead atoms. The van der Waals surface area contributed by atoms with Crippen molar-refractivity contribution < 1.29 is 17.9 Å². The predicted molar refractivity (Wildman–Crippen MR) is 80.8 cm³/mol. The molecule has 1 heterocycles. The number of hydrogen-bond acceptors (Lipinski definition) is 5. The number of rotatable bonds is 5. The topological polar surface area (TPSA) is 81.9 Å². The number of anilines is 1. The van der Waals surface area contributed by atoms with Gasteiger partial charge in [0, 0.05) is 25.9 Å². The Morgan fingerprint density at radius 2 is 2.24 bits per heavy atom. The van der Waals surface area contributed by atoms with Gasteiger partial charge >= 0.3 is 0 Å². The van der Waals surface area contributed by atoms with E-state index in [0.29, 0.717) is 24.6 Å². The predicted octanol–water partition coefficient (Wildman–Crippen LogP) is 1.32. The van der Waals surface area contributed by atoms with E-state index >= 15 is 0 Å². The summed E-state index contributed by atoms with van der Waals surface area (Å²) in [5, 5.41) is 0. The lowest BCUT2D eigenvalue weighted by Crippen LogP contribution is -2.35. The van der Waals surface area contributed by atoms with Gasteiger partial charge in [-0.25, -0.2) is 12.7 Å². The van der Waals surface area contributed by atoms with Crippen molar-refractivity contribution in [2.45, 2.75) is 17.7 Å². The second-order valence-corrected chi connectivity index (χ2v) is 7.29. The molecule has 2 rings (SSSR count). The van der Waals surface area contributed by atoms with E-state index in [-0.39, 0.29) is 10.8 Å². The molecule has 1 aliphatic heterocycles. The summed E-state index contributed by atoms with van der Waals surface area (Å²) in [4.78, 5) is 0.101. The van der Waals surface area contributed by atoms with Gasteiger partial charge in [-0.15, -0.1) is 0 Å². The Morgan fingerprint density at radius 1 is 1.48 bits per heavy atom. The molecular formula is C14H22N2O4S. The third-order valence-corrected chi connectivity index (χ3v) is 5.49. The molecule has 118 valence electrons. The number of methoxy groups -OCH3 is 1. The van der Waals surface area contributed by atoms with Crippen molar-refractivity contribution in [2.75, 3.05) is 39.6 Å². The van der Waals surface area contributed by atoms with Crippen molar-refractivity contribution in [3.63, 3.8) is 0 Å². The van der Waals surface area contributed by atoms with E-state index in [1.165, 1.54) is 17.5 Å². The zero-order chi connectivity index (χ0) is 15.5. The SMILES string of the molecule is COc1ccc(N)cc1S(=O)(=O)N(C)CC1CCCOC1. The highest BCUT2D eigenvalue weighted by Gasteiger charge is 2.28. The maximum absolute atomic E-state index is 12.7. The van der Waals surface area contributed by atoms with Crippen LogP contribution in [0.25, 0.3) is 0 Å². The molecule has 1 aromatic rings. The van der Waals surface area contributed by atoms with Crippen molar-refractivity contribution in [1.82, 2.24) is 4.31 Å². The average Bonchev–Trinajstić information content (AvgIpc) is 2.48. The fourth-order valence-electron chi connectivity index (χ4n) is 2.48. The summed E-state index contributed by atoms with van der Waals surface area (Å²) < 4.78 is 37.3. The zero-order valence-electron chi connectivity index (χ0n) is 12.4. The lowest BCUT2D eigenvalue weighted by molar-refractivity contribution is 0.0495. The molecule has 1 atom stereocenters. The summed E-state index contributed by atoms with van der Waals surface area (Å²) in [6.07, 6.45) is 1.95. The van der Waals surface area contributed by atoms with Crippen LogP contribution in [0.3, 0.4) is 0 Å². The maximum atomic E-state index is 12.7. The molecule has 1 saturated heterocycles. The minimum atomic E-state index is -3.63. The standard InChI is InChI=1S/C14H22N2O4S/c1-16(9-11-4-3-7-20-10-11)21(17,18)14-8-12(15)5-6-13(14)19-2/h5-6,8,11H,3-4,7,9-10,15H2,1-2H3. The van der Waals surface area contributed by atoms with Crippen LogP contribution in [0.4, 0.5) is 5.69 Å². The summed E-state index contributed by atoms with van der Waals surface area (Å²) in [5.41, 5.74) is 6.10. The number of ether oxygens (including phenoxy) is 2. The van der Waals surface area contributed by atoms with E-state index in [0.717, 1.165) is 19.4 Å². The zero-order valence-corrected chi connectivity index (χ0v) is 13.2. The molecule has 1 aromatic carbocycles. The molecule has 0 aliphatic carbocycles. The Balaban J connectivity index is 2.22. The first-order chi connectivity index (χ1) is 9.95. The fourth-order valence-corrected chi connectivity index (χ4v) is 3.91. The van der Waals surface area contributed by atoms with Gasteiger partial charge in [-0.3, -0.25) is 0 Å². The van der Waals surface area contributed by atoms with E-state index in [2.05, 4.69) is 0 Å². The first-order valence-electron chi connectivity index (χ1n) is 6.92. The summed E-state index contributed by atoms with van der Waals surface area (Å²) >= 11 is 0. The Kier molecular flexibility index (Phi) is 5.08. The fraction of sp³-hybridized carbons (Fsp3) is 0.571. The third kappa shape index (κ3) is 3.66. The van der Waals surface area contributed by atoms with Crippen LogP contribution in [0.1, 0.15) is 12.8 Å². The maximum Gasteiger partial charge on any atom is 0.246 e. The quantitative estimate of drug-likeness (QED) is 0.829. The molecule has 0 radical (unpaired) electrons. The summed E-state index contributed by atoms with van der Waals surface area (Å²) in [6, 6.07) is 4.62. The lowest BCUT2D eigenvalue weighted by atomic mass is 10.0. The van der Waals surface area contributed by atoms with Crippen LogP contribution in [-0.4, -0.2) is 46.6 Å². The van der Waals surface area contributed by atoms with Gasteiger partial charge < -0.3 is 15.2 Å². The third-order valence-electron chi connectivity index (χ3n) is 3.65. The number of sulfonamides is 1. The van der Waals surface area contributed by atoms with E-state index in [1.807, 2.05) is 0 Å². The molecule has 7 heteroatoms. The molecule has 0 spiro atoms. The van der Waals surface area contributed by atoms with Crippen LogP contribution < -0.4 is 10.5 Å². The van der Waals surface area contributed by atoms with Gasteiger partial charge in [0.2, 0.25) is 10.0 Å². The monoisotopic (exact) mass is 314 g/mol. The minimum Gasteiger partial charge on any atom is -0.495 e. The molecule has 1 unspecified atom stereocenters. The number of nitrogens with zero attached hydrogens (tertiary/aromatic N) is 1. The van der Waals surface area contributed by atoms with Gasteiger partial charge in [0.1, 0.15) is 10.6 Å². The van der Waals surface area contributed by atoms with Crippen LogP contribution in [0.5, 0.6) is 5.75 Å². The van der Waals surface area contributed by atoms with Gasteiger partial charge in [-0.2, -0.15) is 0 Å². The highest BCUT2D eigenvalue weighted by Crippen LogP contribution is 2.29. The molecule has 1 aliphatic rings. The molecule has 0 aromatic heterocycles. The average molecular weight is 314 g/mol. The second kappa shape index (κ2) is 6.64. The normalized spacial score (nSPS) is 19.7. The van der Waals surface area contributed by atoms with E-state index in [1.54, 1.807) is 19.2 Å². The van der Waals surface area contributed by atoms with Crippen LogP contribution in [0.2, 0.25) is 0 Å². The van der Waals surface area contributed by atoms with E-state index < -0.39 is 10.0 Å². The van der Waals surface area contributed by atoms with Crippen LogP contribution in [0, 0.1) is 5.92 Å². The van der Waals surface area contributed by atoms with E-state index in [4.69, 9.17) is 15.2 Å². The second-order valence-electron chi connectivity index (χ2n) is 5.28. The van der Waals surface area contributed by atoms with Crippen LogP contribution in [0.15, 0.2) is 23.1 Å². The molecule has 6 nitrogen and oxygen atoms in total. The number of nitrogen functional groups attached to an aromatic ring is 1. The Bertz CT molecular complexity index is 583. The van der Waals surface area contributed by atoms with Crippen molar-refractivity contribution in [1.29, 1.82) is 0 Å². The first kappa shape index (κ1) is 16.1. The Morgan fingerprint density at radius 3 is 2.86 bits per heavy atom. The number of hydrogen-bond donors (Lipinski definition) is 1. The van der Waals surface area contributed by atoms with Gasteiger partial charge in [0.15, 0.2) is 0 Å². The Hall–Kier alpha value is -1.31. The van der Waals surface area contributed by atoms with Crippen LogP contribution in [-0.2, 0) is 14.8 Å². The van der Waals surface area contributed by atoms with Crippen LogP contribution >= 0.6 is 0 Å². The lowest BCUT2D eigenvalue weighted by Gasteiger charge is -2.27. The van der Waals surface area contributed by atoms with Crippen molar-refractivity contribution in [2.24, 2.45) is 5.92 Å². The molecule has 2 N–H and O–H groups in total. The molecule has 21 heavy (non-hydrogen) atoms. The largest absolute Gasteiger partial charge is 0.495 e. The minimum absolute atomic E-state index is 0.101. The summed E-state index contributed by atoms with van der Waals surface area (Å²) in [7, 11) is -0.611. The molecule has 1 fully saturated rings. The van der Waals surface area contributed by atoms with Crippen molar-refractivity contribution >= 4 is 15.7 Å². The van der Waals surface area contributed by atoms with E-state index in [9.17, 15) is 8.42 Å². The highest BCUT2D eigenvalue weighted by molar-refractivity contribution is 7.89. The molecule has 0 saturated carbocycles. The van der Waals surface area contributed by atoms with Gasteiger partial charge in [0.05, 0.1) is 13.7 Å². The Labute approximate surface area is 125 Å². The smallest absolute Gasteiger partial charge is 0.246 e. The van der Waals surface area contributed by atoms with Gasteiger partial charge in [-0.05, 0) is 37.0 Å². The van der Waals surface area contributed by atoms with Gasteiger partial charge in [-0.1, -0.05) is 0 Å². The first-order valence-corrected chi connectivity index (χ1v) is 8.36. The number of nitrogens with two attached hydrogens (primary N) is 1. The van der Waals surface area contributed by atoms with Crippen molar-refractivity contribution in [3.8, 4) is 5.75 Å². The summed E-state index contributed by atoms with van der Waals surface area (Å²) in [5.74, 6) is 0.529. The number of benzene rings is 1. The van der Waals surface area contributed by atoms with Gasteiger partial charge in [0.25, 0.3) is 0 Å². The highest BCUT2D eigenvalue weighted by atomic mass is 32.2.